The number of hydrogen-bond donors (Lipinski definition) is 2. The van der Waals surface area contributed by atoms with Gasteiger partial charge in [-0.2, -0.15) is 0 Å². The van der Waals surface area contributed by atoms with E-state index in [2.05, 4.69) is 20.4 Å². The smallest absolute Gasteiger partial charge is 0.234 e. The van der Waals surface area contributed by atoms with Gasteiger partial charge < -0.3 is 15.4 Å². The fraction of sp³-hybridized carbons (Fsp3) is 0.579. The summed E-state index contributed by atoms with van der Waals surface area (Å²) in [4.78, 5) is 28.3. The van der Waals surface area contributed by atoms with Crippen LogP contribution in [-0.2, 0) is 16.1 Å². The molecule has 7 nitrogen and oxygen atoms in total. The summed E-state index contributed by atoms with van der Waals surface area (Å²) in [7, 11) is 1.59. The highest BCUT2D eigenvalue weighted by molar-refractivity contribution is 6.30. The minimum Gasteiger partial charge on any atom is -0.496 e. The fourth-order valence-electron chi connectivity index (χ4n) is 3.01. The van der Waals surface area contributed by atoms with Gasteiger partial charge in [-0.15, -0.1) is 0 Å². The number of amides is 2. The molecule has 0 spiro atoms. The third-order valence-electron chi connectivity index (χ3n) is 4.37. The van der Waals surface area contributed by atoms with E-state index in [9.17, 15) is 9.59 Å². The summed E-state index contributed by atoms with van der Waals surface area (Å²) in [6.07, 6.45) is 0. The van der Waals surface area contributed by atoms with Crippen molar-refractivity contribution in [2.24, 2.45) is 0 Å². The van der Waals surface area contributed by atoms with Crippen LogP contribution in [0.25, 0.3) is 0 Å². The standard InChI is InChI=1S/C19H29ClN4O3/c1-14(2)22-19(26)13-24-8-6-23(7-9-24)12-18(25)21-11-15-10-16(20)4-5-17(15)27-3/h4-5,10,14H,6-9,11-13H2,1-3H3,(H,21,25)(H,22,26). The molecule has 1 aliphatic heterocycles. The summed E-state index contributed by atoms with van der Waals surface area (Å²) in [5.74, 6) is 0.711. The van der Waals surface area contributed by atoms with Crippen LogP contribution in [0.4, 0.5) is 0 Å². The van der Waals surface area contributed by atoms with E-state index in [-0.39, 0.29) is 17.9 Å². The second-order valence-electron chi connectivity index (χ2n) is 7.01. The quantitative estimate of drug-likeness (QED) is 0.688. The second-order valence-corrected chi connectivity index (χ2v) is 7.44. The molecule has 27 heavy (non-hydrogen) atoms. The van der Waals surface area contributed by atoms with Gasteiger partial charge in [0.05, 0.1) is 20.2 Å². The van der Waals surface area contributed by atoms with Crippen LogP contribution in [0, 0.1) is 0 Å². The van der Waals surface area contributed by atoms with Crippen molar-refractivity contribution in [1.29, 1.82) is 0 Å². The minimum atomic E-state index is -0.0389. The molecule has 1 heterocycles. The maximum absolute atomic E-state index is 12.2. The van der Waals surface area contributed by atoms with Crippen LogP contribution in [-0.4, -0.2) is 74.0 Å². The van der Waals surface area contributed by atoms with E-state index >= 15 is 0 Å². The number of halogens is 1. The molecular formula is C19H29ClN4O3. The molecule has 2 rings (SSSR count). The predicted molar refractivity (Wildman–Crippen MR) is 106 cm³/mol. The molecule has 1 aromatic carbocycles. The number of ether oxygens (including phenoxy) is 1. The van der Waals surface area contributed by atoms with Crippen molar-refractivity contribution >= 4 is 23.4 Å². The zero-order chi connectivity index (χ0) is 19.8. The first-order chi connectivity index (χ1) is 12.9. The maximum Gasteiger partial charge on any atom is 0.234 e. The van der Waals surface area contributed by atoms with Crippen molar-refractivity contribution in [3.05, 3.63) is 28.8 Å². The highest BCUT2D eigenvalue weighted by Crippen LogP contribution is 2.22. The third-order valence-corrected chi connectivity index (χ3v) is 4.60. The number of rotatable bonds is 8. The zero-order valence-corrected chi connectivity index (χ0v) is 17.0. The summed E-state index contributed by atoms with van der Waals surface area (Å²) in [6.45, 7) is 8.12. The van der Waals surface area contributed by atoms with Crippen molar-refractivity contribution in [2.75, 3.05) is 46.4 Å². The van der Waals surface area contributed by atoms with Gasteiger partial charge in [-0.25, -0.2) is 0 Å². The lowest BCUT2D eigenvalue weighted by atomic mass is 10.2. The lowest BCUT2D eigenvalue weighted by molar-refractivity contribution is -0.125. The lowest BCUT2D eigenvalue weighted by Gasteiger charge is -2.33. The summed E-state index contributed by atoms with van der Waals surface area (Å²) >= 11 is 6.01. The molecule has 0 bridgehead atoms. The van der Waals surface area contributed by atoms with Gasteiger partial charge in [0.15, 0.2) is 0 Å². The van der Waals surface area contributed by atoms with Crippen molar-refractivity contribution < 1.29 is 14.3 Å². The van der Waals surface area contributed by atoms with Crippen LogP contribution < -0.4 is 15.4 Å². The van der Waals surface area contributed by atoms with E-state index in [1.165, 1.54) is 0 Å². The number of nitrogens with zero attached hydrogens (tertiary/aromatic N) is 2. The Morgan fingerprint density at radius 2 is 1.70 bits per heavy atom. The molecule has 2 amide bonds. The van der Waals surface area contributed by atoms with Crippen LogP contribution in [0.15, 0.2) is 18.2 Å². The molecule has 0 atom stereocenters. The first-order valence-corrected chi connectivity index (χ1v) is 9.58. The number of carbonyl (C=O) groups is 2. The number of hydrogen-bond acceptors (Lipinski definition) is 5. The molecule has 0 unspecified atom stereocenters. The first-order valence-electron chi connectivity index (χ1n) is 9.20. The van der Waals surface area contributed by atoms with Gasteiger partial charge in [-0.05, 0) is 32.0 Å². The number of nitrogens with one attached hydrogen (secondary N) is 2. The van der Waals surface area contributed by atoms with Gasteiger partial charge in [-0.1, -0.05) is 11.6 Å². The molecular weight excluding hydrogens is 368 g/mol. The van der Waals surface area contributed by atoms with Gasteiger partial charge in [0.1, 0.15) is 5.75 Å². The number of piperazine rings is 1. The molecule has 2 N–H and O–H groups in total. The van der Waals surface area contributed by atoms with E-state index in [4.69, 9.17) is 16.3 Å². The Bertz CT molecular complexity index is 646. The average molecular weight is 397 g/mol. The molecule has 8 heteroatoms. The zero-order valence-electron chi connectivity index (χ0n) is 16.3. The molecule has 1 aliphatic rings. The highest BCUT2D eigenvalue weighted by Gasteiger charge is 2.20. The predicted octanol–water partition coefficient (Wildman–Crippen LogP) is 1.11. The van der Waals surface area contributed by atoms with Crippen LogP contribution in [0.5, 0.6) is 5.75 Å². The van der Waals surface area contributed by atoms with Gasteiger partial charge >= 0.3 is 0 Å². The van der Waals surface area contributed by atoms with E-state index in [0.717, 1.165) is 31.7 Å². The maximum atomic E-state index is 12.2. The Hall–Kier alpha value is -1.83. The van der Waals surface area contributed by atoms with E-state index in [0.29, 0.717) is 30.4 Å². The Labute approximate surface area is 166 Å². The monoisotopic (exact) mass is 396 g/mol. The van der Waals surface area contributed by atoms with Crippen molar-refractivity contribution in [3.8, 4) is 5.75 Å². The average Bonchev–Trinajstić information content (AvgIpc) is 2.61. The van der Waals surface area contributed by atoms with E-state index in [1.54, 1.807) is 25.3 Å². The fourth-order valence-corrected chi connectivity index (χ4v) is 3.21. The molecule has 0 aromatic heterocycles. The number of benzene rings is 1. The van der Waals surface area contributed by atoms with E-state index < -0.39 is 0 Å². The molecule has 0 radical (unpaired) electrons. The summed E-state index contributed by atoms with van der Waals surface area (Å²) in [5, 5.41) is 6.43. The van der Waals surface area contributed by atoms with Crippen molar-refractivity contribution in [1.82, 2.24) is 20.4 Å². The van der Waals surface area contributed by atoms with Gasteiger partial charge in [0, 0.05) is 49.4 Å². The minimum absolute atomic E-state index is 0.0389. The Morgan fingerprint density at radius 3 is 2.26 bits per heavy atom. The Kier molecular flexibility index (Phi) is 8.34. The van der Waals surface area contributed by atoms with Crippen molar-refractivity contribution in [2.45, 2.75) is 26.4 Å². The van der Waals surface area contributed by atoms with Crippen molar-refractivity contribution in [3.63, 3.8) is 0 Å². The Morgan fingerprint density at radius 1 is 1.11 bits per heavy atom. The van der Waals surface area contributed by atoms with Crippen LogP contribution >= 0.6 is 11.6 Å². The van der Waals surface area contributed by atoms with E-state index in [1.807, 2.05) is 13.8 Å². The molecule has 0 aliphatic carbocycles. The summed E-state index contributed by atoms with van der Waals surface area (Å²) in [6, 6.07) is 5.49. The number of carbonyl (C=O) groups excluding carboxylic acids is 2. The first kappa shape index (κ1) is 21.5. The topological polar surface area (TPSA) is 73.9 Å². The summed E-state index contributed by atoms with van der Waals surface area (Å²) < 4.78 is 5.29. The molecule has 1 aromatic rings. The van der Waals surface area contributed by atoms with Gasteiger partial charge in [-0.3, -0.25) is 19.4 Å². The third kappa shape index (κ3) is 7.36. The molecule has 0 saturated carbocycles. The lowest BCUT2D eigenvalue weighted by Crippen LogP contribution is -2.51. The number of methoxy groups -OCH3 is 1. The summed E-state index contributed by atoms with van der Waals surface area (Å²) in [5.41, 5.74) is 0.847. The van der Waals surface area contributed by atoms with Gasteiger partial charge in [0.2, 0.25) is 11.8 Å². The normalized spacial score (nSPS) is 15.6. The van der Waals surface area contributed by atoms with Crippen LogP contribution in [0.3, 0.4) is 0 Å². The highest BCUT2D eigenvalue weighted by atomic mass is 35.5. The van der Waals surface area contributed by atoms with Crippen LogP contribution in [0.2, 0.25) is 5.02 Å². The molecule has 1 saturated heterocycles. The Balaban J connectivity index is 1.72. The van der Waals surface area contributed by atoms with Crippen LogP contribution in [0.1, 0.15) is 19.4 Å². The molecule has 150 valence electrons. The largest absolute Gasteiger partial charge is 0.496 e. The second kappa shape index (κ2) is 10.5. The van der Waals surface area contributed by atoms with Gasteiger partial charge in [0.25, 0.3) is 0 Å². The SMILES string of the molecule is COc1ccc(Cl)cc1CNC(=O)CN1CCN(CC(=O)NC(C)C)CC1. The molecule has 1 fully saturated rings.